The molecule has 5 rings (SSSR count). The fraction of sp³-hybridized carbons (Fsp3) is 0.333. The van der Waals surface area contributed by atoms with Crippen molar-refractivity contribution in [1.82, 2.24) is 10.2 Å². The average Bonchev–Trinajstić information content (AvgIpc) is 3.28. The van der Waals surface area contributed by atoms with Gasteiger partial charge in [-0.15, -0.1) is 0 Å². The standard InChI is InChI=1S/C27H23F3N4O4/c28-27(29,30)18-2-1-3-20(14-18)33-21-8-9-22(35)23(21)24(17-6-4-16(15-31)5-7-17)34(26(33)37)25(36)32-19-10-12-38-13-11-19/h1-7,14,19,24H,8-13H2,(H,32,36). The zero-order chi connectivity index (χ0) is 27.0. The van der Waals surface area contributed by atoms with Gasteiger partial charge in [-0.05, 0) is 55.2 Å². The maximum absolute atomic E-state index is 14.0. The van der Waals surface area contributed by atoms with Crippen molar-refractivity contribution >= 4 is 23.5 Å². The molecule has 196 valence electrons. The van der Waals surface area contributed by atoms with Crippen LogP contribution in [0.5, 0.6) is 0 Å². The number of carbonyl (C=O) groups is 3. The van der Waals surface area contributed by atoms with Crippen molar-refractivity contribution in [3.8, 4) is 6.07 Å². The van der Waals surface area contributed by atoms with E-state index in [9.17, 15) is 32.8 Å². The van der Waals surface area contributed by atoms with Crippen LogP contribution in [0.1, 0.15) is 48.4 Å². The van der Waals surface area contributed by atoms with Crippen LogP contribution in [-0.4, -0.2) is 42.0 Å². The highest BCUT2D eigenvalue weighted by Gasteiger charge is 2.49. The summed E-state index contributed by atoms with van der Waals surface area (Å²) in [5.74, 6) is -0.303. The van der Waals surface area contributed by atoms with E-state index in [4.69, 9.17) is 4.74 Å². The number of amides is 4. The summed E-state index contributed by atoms with van der Waals surface area (Å²) < 4.78 is 45.8. The number of ketones is 1. The molecule has 2 aromatic rings. The minimum Gasteiger partial charge on any atom is -0.381 e. The summed E-state index contributed by atoms with van der Waals surface area (Å²) in [4.78, 5) is 42.8. The third-order valence-electron chi connectivity index (χ3n) is 6.95. The maximum Gasteiger partial charge on any atom is 0.416 e. The number of hydrogen-bond acceptors (Lipinski definition) is 5. The summed E-state index contributed by atoms with van der Waals surface area (Å²) in [6.07, 6.45) is -3.41. The van der Waals surface area contributed by atoms with E-state index in [1.54, 1.807) is 12.1 Å². The van der Waals surface area contributed by atoms with E-state index in [0.29, 0.717) is 37.2 Å². The number of imide groups is 1. The van der Waals surface area contributed by atoms with Gasteiger partial charge in [0.25, 0.3) is 0 Å². The third-order valence-corrected chi connectivity index (χ3v) is 6.95. The van der Waals surface area contributed by atoms with Gasteiger partial charge in [-0.1, -0.05) is 18.2 Å². The van der Waals surface area contributed by atoms with Crippen LogP contribution in [0.25, 0.3) is 0 Å². The quantitative estimate of drug-likeness (QED) is 0.604. The number of allylic oxidation sites excluding steroid dienone is 1. The Bertz CT molecular complexity index is 1360. The number of nitrogens with one attached hydrogen (secondary N) is 1. The lowest BCUT2D eigenvalue weighted by molar-refractivity contribution is -0.137. The predicted octanol–water partition coefficient (Wildman–Crippen LogP) is 5.07. The fourth-order valence-corrected chi connectivity index (χ4v) is 5.10. The molecule has 2 aliphatic heterocycles. The number of anilines is 1. The number of carbonyl (C=O) groups excluding carboxylic acids is 3. The van der Waals surface area contributed by atoms with Crippen molar-refractivity contribution < 1.29 is 32.3 Å². The van der Waals surface area contributed by atoms with Gasteiger partial charge in [0.1, 0.15) is 0 Å². The second-order valence-electron chi connectivity index (χ2n) is 9.29. The van der Waals surface area contributed by atoms with Gasteiger partial charge in [-0.3, -0.25) is 9.69 Å². The second kappa shape index (κ2) is 9.95. The molecule has 0 bridgehead atoms. The third kappa shape index (κ3) is 4.63. The van der Waals surface area contributed by atoms with Crippen LogP contribution in [0.4, 0.5) is 28.4 Å². The lowest BCUT2D eigenvalue weighted by atomic mass is 9.92. The molecule has 1 fully saturated rings. The number of urea groups is 2. The van der Waals surface area contributed by atoms with Crippen molar-refractivity contribution in [2.75, 3.05) is 18.1 Å². The van der Waals surface area contributed by atoms with E-state index in [-0.39, 0.29) is 41.6 Å². The Morgan fingerprint density at radius 2 is 1.76 bits per heavy atom. The normalized spacial score (nSPS) is 20.4. The number of ether oxygens (including phenoxy) is 1. The molecular formula is C27H23F3N4O4. The molecule has 0 saturated carbocycles. The van der Waals surface area contributed by atoms with Crippen LogP contribution in [0, 0.1) is 11.3 Å². The number of Topliss-reactive ketones (excluding diaryl/α,β-unsaturated/α-hetero) is 1. The number of nitrogens with zero attached hydrogens (tertiary/aromatic N) is 3. The molecule has 1 unspecified atom stereocenters. The van der Waals surface area contributed by atoms with Gasteiger partial charge in [0.05, 0.1) is 28.9 Å². The van der Waals surface area contributed by atoms with Gasteiger partial charge in [0, 0.05) is 36.9 Å². The molecule has 1 N–H and O–H groups in total. The summed E-state index contributed by atoms with van der Waals surface area (Å²) in [5, 5.41) is 12.0. The first-order valence-corrected chi connectivity index (χ1v) is 12.1. The molecular weight excluding hydrogens is 501 g/mol. The second-order valence-corrected chi connectivity index (χ2v) is 9.29. The average molecular weight is 524 g/mol. The highest BCUT2D eigenvalue weighted by atomic mass is 19.4. The number of halogens is 3. The number of nitriles is 1. The van der Waals surface area contributed by atoms with Gasteiger partial charge in [0.2, 0.25) is 0 Å². The molecule has 4 amide bonds. The SMILES string of the molecule is N#Cc1ccc(C2C3=C(CCC3=O)N(c3cccc(C(F)(F)F)c3)C(=O)N2C(=O)NC2CCOCC2)cc1. The van der Waals surface area contributed by atoms with Crippen molar-refractivity contribution in [3.05, 3.63) is 76.5 Å². The molecule has 11 heteroatoms. The monoisotopic (exact) mass is 524 g/mol. The predicted molar refractivity (Wildman–Crippen MR) is 129 cm³/mol. The Hall–Kier alpha value is -4.17. The molecule has 2 heterocycles. The Kier molecular flexibility index (Phi) is 6.67. The Labute approximate surface area is 216 Å². The van der Waals surface area contributed by atoms with Crippen LogP contribution in [0.15, 0.2) is 59.8 Å². The summed E-state index contributed by atoms with van der Waals surface area (Å²) in [5.41, 5.74) is 0.186. The molecule has 1 aliphatic carbocycles. The van der Waals surface area contributed by atoms with Crippen molar-refractivity contribution in [1.29, 1.82) is 5.26 Å². The molecule has 0 spiro atoms. The van der Waals surface area contributed by atoms with E-state index in [1.807, 2.05) is 6.07 Å². The van der Waals surface area contributed by atoms with Crippen LogP contribution >= 0.6 is 0 Å². The largest absolute Gasteiger partial charge is 0.416 e. The lowest BCUT2D eigenvalue weighted by Crippen LogP contribution is -2.57. The van der Waals surface area contributed by atoms with Gasteiger partial charge < -0.3 is 10.1 Å². The molecule has 1 atom stereocenters. The Morgan fingerprint density at radius 3 is 2.42 bits per heavy atom. The number of hydrogen-bond donors (Lipinski definition) is 1. The van der Waals surface area contributed by atoms with Crippen LogP contribution in [0.3, 0.4) is 0 Å². The fourth-order valence-electron chi connectivity index (χ4n) is 5.10. The minimum atomic E-state index is -4.65. The number of rotatable bonds is 3. The van der Waals surface area contributed by atoms with Crippen molar-refractivity contribution in [2.24, 2.45) is 0 Å². The van der Waals surface area contributed by atoms with E-state index in [0.717, 1.165) is 21.9 Å². The van der Waals surface area contributed by atoms with E-state index in [2.05, 4.69) is 5.32 Å². The molecule has 38 heavy (non-hydrogen) atoms. The number of alkyl halides is 3. The zero-order valence-electron chi connectivity index (χ0n) is 20.1. The van der Waals surface area contributed by atoms with Crippen molar-refractivity contribution in [3.63, 3.8) is 0 Å². The first-order chi connectivity index (χ1) is 18.2. The molecule has 1 saturated heterocycles. The molecule has 8 nitrogen and oxygen atoms in total. The first-order valence-electron chi connectivity index (χ1n) is 12.1. The van der Waals surface area contributed by atoms with Gasteiger partial charge in [0.15, 0.2) is 5.78 Å². The first kappa shape index (κ1) is 25.5. The lowest BCUT2D eigenvalue weighted by Gasteiger charge is -2.41. The molecule has 0 radical (unpaired) electrons. The topological polar surface area (TPSA) is 103 Å². The van der Waals surface area contributed by atoms with E-state index < -0.39 is 29.8 Å². The van der Waals surface area contributed by atoms with E-state index in [1.165, 1.54) is 24.3 Å². The maximum atomic E-state index is 14.0. The smallest absolute Gasteiger partial charge is 0.381 e. The minimum absolute atomic E-state index is 0.0512. The summed E-state index contributed by atoms with van der Waals surface area (Å²) in [6.45, 7) is 0.865. The molecule has 3 aliphatic rings. The van der Waals surface area contributed by atoms with Gasteiger partial charge in [-0.2, -0.15) is 18.4 Å². The number of benzene rings is 2. The highest BCUT2D eigenvalue weighted by Crippen LogP contribution is 2.45. The zero-order valence-corrected chi connectivity index (χ0v) is 20.1. The van der Waals surface area contributed by atoms with Crippen LogP contribution < -0.4 is 10.2 Å². The van der Waals surface area contributed by atoms with Gasteiger partial charge >= 0.3 is 18.2 Å². The molecule has 0 aromatic heterocycles. The van der Waals surface area contributed by atoms with Gasteiger partial charge in [-0.25, -0.2) is 14.5 Å². The van der Waals surface area contributed by atoms with Crippen molar-refractivity contribution in [2.45, 2.75) is 43.9 Å². The Morgan fingerprint density at radius 1 is 1.05 bits per heavy atom. The Balaban J connectivity index is 1.64. The van der Waals surface area contributed by atoms with E-state index >= 15 is 0 Å². The summed E-state index contributed by atoms with van der Waals surface area (Å²) in [6, 6.07) is 9.44. The summed E-state index contributed by atoms with van der Waals surface area (Å²) >= 11 is 0. The highest BCUT2D eigenvalue weighted by molar-refractivity contribution is 6.12. The molecule has 2 aromatic carbocycles. The van der Waals surface area contributed by atoms with Crippen LogP contribution in [0.2, 0.25) is 0 Å². The summed E-state index contributed by atoms with van der Waals surface area (Å²) in [7, 11) is 0. The van der Waals surface area contributed by atoms with Crippen LogP contribution in [-0.2, 0) is 15.7 Å².